The molecule has 0 saturated carbocycles. The summed E-state index contributed by atoms with van der Waals surface area (Å²) in [6, 6.07) is -0.794. The lowest BCUT2D eigenvalue weighted by Gasteiger charge is -2.10. The maximum absolute atomic E-state index is 11.1. The quantitative estimate of drug-likeness (QED) is 0.393. The van der Waals surface area contributed by atoms with Crippen molar-refractivity contribution in [2.24, 2.45) is 5.73 Å². The average molecular weight is 214 g/mol. The van der Waals surface area contributed by atoms with Crippen molar-refractivity contribution in [2.45, 2.75) is 25.0 Å². The fourth-order valence-corrected chi connectivity index (χ4v) is 0.806. The number of aliphatic carboxylic acids is 1. The number of carbonyl (C=O) groups excluding carboxylic acids is 1. The monoisotopic (exact) mass is 214 g/mol. The molecule has 84 valence electrons. The van der Waals surface area contributed by atoms with Crippen molar-refractivity contribution in [3.63, 3.8) is 0 Å². The van der Waals surface area contributed by atoms with E-state index in [2.05, 4.69) is 11.2 Å². The molecule has 0 heterocycles. The molecule has 0 radical (unpaired) electrons. The van der Waals surface area contributed by atoms with Crippen LogP contribution < -0.4 is 11.1 Å². The highest BCUT2D eigenvalue weighted by atomic mass is 16.4. The van der Waals surface area contributed by atoms with Crippen LogP contribution in [0.15, 0.2) is 0 Å². The highest BCUT2D eigenvalue weighted by molar-refractivity contribution is 5.81. The van der Waals surface area contributed by atoms with Crippen LogP contribution >= 0.6 is 0 Å². The van der Waals surface area contributed by atoms with Crippen LogP contribution in [-0.2, 0) is 9.59 Å². The molecule has 0 aromatic heterocycles. The molecule has 2 atom stereocenters. The molecule has 0 rings (SSSR count). The van der Waals surface area contributed by atoms with Crippen LogP contribution in [0.25, 0.3) is 0 Å². The minimum absolute atomic E-state index is 0.0462. The standard InChI is InChI=1S/C9H14N2O4/c1-2-3-6(10)8(13)11-5-4-7(12)9(14)15/h1,6-7,12H,3-5,10H2,(H,11,13)(H,14,15)/t6?,7-/m0/s1. The van der Waals surface area contributed by atoms with E-state index in [1.165, 1.54) is 0 Å². The van der Waals surface area contributed by atoms with E-state index in [1.807, 2.05) is 0 Å². The minimum Gasteiger partial charge on any atom is -0.479 e. The molecule has 0 spiro atoms. The van der Waals surface area contributed by atoms with Crippen LogP contribution in [0.1, 0.15) is 12.8 Å². The molecule has 0 aliphatic rings. The molecule has 1 unspecified atom stereocenters. The zero-order valence-corrected chi connectivity index (χ0v) is 8.14. The van der Waals surface area contributed by atoms with Gasteiger partial charge in [0.05, 0.1) is 6.04 Å². The number of aliphatic hydroxyl groups is 1. The van der Waals surface area contributed by atoms with Crippen molar-refractivity contribution in [3.05, 3.63) is 0 Å². The lowest BCUT2D eigenvalue weighted by Crippen LogP contribution is -2.41. The normalized spacial score (nSPS) is 13.7. The molecule has 5 N–H and O–H groups in total. The Kier molecular flexibility index (Phi) is 6.09. The maximum Gasteiger partial charge on any atom is 0.332 e. The second-order valence-corrected chi connectivity index (χ2v) is 2.95. The van der Waals surface area contributed by atoms with Crippen LogP contribution in [0.4, 0.5) is 0 Å². The first kappa shape index (κ1) is 13.4. The van der Waals surface area contributed by atoms with Gasteiger partial charge in [0.1, 0.15) is 0 Å². The van der Waals surface area contributed by atoms with Gasteiger partial charge in [-0.25, -0.2) is 4.79 Å². The van der Waals surface area contributed by atoms with Crippen molar-refractivity contribution in [2.75, 3.05) is 6.54 Å². The molecule has 6 nitrogen and oxygen atoms in total. The SMILES string of the molecule is C#CCC(N)C(=O)NCC[C@H](O)C(=O)O. The number of rotatable bonds is 6. The molecule has 15 heavy (non-hydrogen) atoms. The Balaban J connectivity index is 3.73. The first-order valence-corrected chi connectivity index (χ1v) is 4.36. The summed E-state index contributed by atoms with van der Waals surface area (Å²) >= 11 is 0. The fraction of sp³-hybridized carbons (Fsp3) is 0.556. The van der Waals surface area contributed by atoms with E-state index in [0.717, 1.165) is 0 Å². The predicted octanol–water partition coefficient (Wildman–Crippen LogP) is -1.71. The fourth-order valence-electron chi connectivity index (χ4n) is 0.806. The highest BCUT2D eigenvalue weighted by Gasteiger charge is 2.15. The van der Waals surface area contributed by atoms with E-state index < -0.39 is 24.0 Å². The summed E-state index contributed by atoms with van der Waals surface area (Å²) in [4.78, 5) is 21.3. The average Bonchev–Trinajstić information content (AvgIpc) is 2.17. The van der Waals surface area contributed by atoms with Gasteiger partial charge in [-0.3, -0.25) is 4.79 Å². The number of carboxylic acids is 1. The van der Waals surface area contributed by atoms with Crippen molar-refractivity contribution < 1.29 is 19.8 Å². The molecule has 0 aliphatic carbocycles. The van der Waals surface area contributed by atoms with Gasteiger partial charge in [-0.1, -0.05) is 0 Å². The first-order valence-electron chi connectivity index (χ1n) is 4.36. The summed E-state index contributed by atoms with van der Waals surface area (Å²) in [6.07, 6.45) is 3.53. The van der Waals surface area contributed by atoms with Crippen molar-refractivity contribution >= 4 is 11.9 Å². The number of nitrogens with one attached hydrogen (secondary N) is 1. The Morgan fingerprint density at radius 2 is 2.13 bits per heavy atom. The van der Waals surface area contributed by atoms with Crippen LogP contribution in [0, 0.1) is 12.3 Å². The molecular weight excluding hydrogens is 200 g/mol. The minimum atomic E-state index is -1.48. The van der Waals surface area contributed by atoms with E-state index in [4.69, 9.17) is 22.4 Å². The number of aliphatic hydroxyl groups excluding tert-OH is 1. The number of carbonyl (C=O) groups is 2. The Bertz CT molecular complexity index is 272. The lowest BCUT2D eigenvalue weighted by atomic mass is 10.2. The van der Waals surface area contributed by atoms with Gasteiger partial charge in [0.2, 0.25) is 5.91 Å². The lowest BCUT2D eigenvalue weighted by molar-refractivity contribution is -0.147. The molecule has 0 fully saturated rings. The predicted molar refractivity (Wildman–Crippen MR) is 52.7 cm³/mol. The van der Waals surface area contributed by atoms with Crippen LogP contribution in [0.2, 0.25) is 0 Å². The number of amides is 1. The van der Waals surface area contributed by atoms with Crippen molar-refractivity contribution in [3.8, 4) is 12.3 Å². The third-order valence-electron chi connectivity index (χ3n) is 1.68. The van der Waals surface area contributed by atoms with Crippen LogP contribution in [-0.4, -0.2) is 40.8 Å². The van der Waals surface area contributed by atoms with Gasteiger partial charge in [-0.05, 0) is 0 Å². The zero-order valence-electron chi connectivity index (χ0n) is 8.14. The van der Waals surface area contributed by atoms with Gasteiger partial charge in [-0.2, -0.15) is 0 Å². The Labute approximate surface area is 87.5 Å². The van der Waals surface area contributed by atoms with E-state index in [9.17, 15) is 9.59 Å². The topological polar surface area (TPSA) is 113 Å². The summed E-state index contributed by atoms with van der Waals surface area (Å²) in [6.45, 7) is 0.0462. The Hall–Kier alpha value is -1.58. The number of nitrogens with two attached hydrogens (primary N) is 1. The van der Waals surface area contributed by atoms with E-state index in [0.29, 0.717) is 0 Å². The van der Waals surface area contributed by atoms with Gasteiger partial charge >= 0.3 is 5.97 Å². The maximum atomic E-state index is 11.1. The van der Waals surface area contributed by atoms with Gasteiger partial charge < -0.3 is 21.3 Å². The summed E-state index contributed by atoms with van der Waals surface area (Å²) in [5, 5.41) is 19.6. The smallest absolute Gasteiger partial charge is 0.332 e. The Morgan fingerprint density at radius 1 is 1.53 bits per heavy atom. The first-order chi connectivity index (χ1) is 6.99. The highest BCUT2D eigenvalue weighted by Crippen LogP contribution is 1.91. The molecule has 0 aliphatic heterocycles. The molecule has 0 bridgehead atoms. The van der Waals surface area contributed by atoms with Crippen molar-refractivity contribution in [1.82, 2.24) is 5.32 Å². The third-order valence-corrected chi connectivity index (χ3v) is 1.68. The largest absolute Gasteiger partial charge is 0.479 e. The van der Waals surface area contributed by atoms with Gasteiger partial charge in [0.25, 0.3) is 0 Å². The second kappa shape index (κ2) is 6.81. The number of terminal acetylenes is 1. The van der Waals surface area contributed by atoms with E-state index in [-0.39, 0.29) is 19.4 Å². The third kappa shape index (κ3) is 5.67. The summed E-state index contributed by atoms with van der Waals surface area (Å²) < 4.78 is 0. The number of carboxylic acid groups (broad SMARTS) is 1. The molecule has 0 aromatic rings. The summed E-state index contributed by atoms with van der Waals surface area (Å²) in [5.41, 5.74) is 5.37. The Morgan fingerprint density at radius 3 is 2.60 bits per heavy atom. The van der Waals surface area contributed by atoms with Gasteiger partial charge in [-0.15, -0.1) is 12.3 Å². The molecule has 6 heteroatoms. The number of hydrogen-bond acceptors (Lipinski definition) is 4. The second-order valence-electron chi connectivity index (χ2n) is 2.95. The van der Waals surface area contributed by atoms with E-state index in [1.54, 1.807) is 0 Å². The molecule has 0 aromatic carbocycles. The zero-order chi connectivity index (χ0) is 11.8. The summed E-state index contributed by atoms with van der Waals surface area (Å²) in [7, 11) is 0. The van der Waals surface area contributed by atoms with Gasteiger partial charge in [0.15, 0.2) is 6.10 Å². The van der Waals surface area contributed by atoms with E-state index >= 15 is 0 Å². The van der Waals surface area contributed by atoms with Crippen molar-refractivity contribution in [1.29, 1.82) is 0 Å². The molecular formula is C9H14N2O4. The van der Waals surface area contributed by atoms with Crippen LogP contribution in [0.3, 0.4) is 0 Å². The summed E-state index contributed by atoms with van der Waals surface area (Å²) in [5.74, 6) is 0.461. The number of hydrogen-bond donors (Lipinski definition) is 4. The molecule has 0 saturated heterocycles. The van der Waals surface area contributed by atoms with Crippen LogP contribution in [0.5, 0.6) is 0 Å². The molecule has 1 amide bonds. The van der Waals surface area contributed by atoms with Gasteiger partial charge in [0, 0.05) is 19.4 Å².